The SMILES string of the molecule is CCCCCC/C=C\CCCC(=O)NC(COC1OC(CO)C(O)C(O)C1O)C(O)/C=C/CC/C=C/CC/C=C/CCCCCCCCCCCCCC. The largest absolute Gasteiger partial charge is 0.394 e. The average Bonchev–Trinajstić information content (AvgIpc) is 3.17. The van der Waals surface area contributed by atoms with E-state index in [0.717, 1.165) is 38.5 Å². The fourth-order valence-corrected chi connectivity index (χ4v) is 6.54. The van der Waals surface area contributed by atoms with Gasteiger partial charge in [-0.1, -0.05) is 152 Å². The summed E-state index contributed by atoms with van der Waals surface area (Å²) in [5, 5.41) is 53.9. The first-order valence-corrected chi connectivity index (χ1v) is 21.9. The van der Waals surface area contributed by atoms with Crippen LogP contribution in [0, 0.1) is 0 Å². The summed E-state index contributed by atoms with van der Waals surface area (Å²) in [4.78, 5) is 12.8. The molecular weight excluding hydrogens is 682 g/mol. The second-order valence-corrected chi connectivity index (χ2v) is 15.1. The molecule has 0 aromatic rings. The van der Waals surface area contributed by atoms with Crippen molar-refractivity contribution in [3.05, 3.63) is 48.6 Å². The number of carbonyl (C=O) groups excluding carboxylic acids is 1. The van der Waals surface area contributed by atoms with Gasteiger partial charge in [0.2, 0.25) is 5.91 Å². The maximum Gasteiger partial charge on any atom is 0.220 e. The number of allylic oxidation sites excluding steroid dienone is 7. The predicted octanol–water partition coefficient (Wildman–Crippen LogP) is 8.67. The Morgan fingerprint density at radius 1 is 0.611 bits per heavy atom. The lowest BCUT2D eigenvalue weighted by molar-refractivity contribution is -0.302. The van der Waals surface area contributed by atoms with Crippen LogP contribution in [0.15, 0.2) is 48.6 Å². The molecule has 7 atom stereocenters. The first-order valence-electron chi connectivity index (χ1n) is 21.9. The summed E-state index contributed by atoms with van der Waals surface area (Å²) in [6, 6.07) is -0.840. The van der Waals surface area contributed by atoms with Gasteiger partial charge >= 0.3 is 0 Å². The van der Waals surface area contributed by atoms with Crippen LogP contribution < -0.4 is 5.32 Å². The molecule has 1 amide bonds. The van der Waals surface area contributed by atoms with Crippen molar-refractivity contribution in [3.63, 3.8) is 0 Å². The maximum atomic E-state index is 12.8. The Hall–Kier alpha value is -1.85. The summed E-state index contributed by atoms with van der Waals surface area (Å²) in [6.07, 6.45) is 37.5. The van der Waals surface area contributed by atoms with Gasteiger partial charge in [-0.05, 0) is 64.2 Å². The molecule has 1 heterocycles. The van der Waals surface area contributed by atoms with Crippen molar-refractivity contribution in [2.24, 2.45) is 0 Å². The number of nitrogens with one attached hydrogen (secondary N) is 1. The van der Waals surface area contributed by atoms with E-state index in [1.807, 2.05) is 6.08 Å². The monoisotopic (exact) mass is 764 g/mol. The molecule has 54 heavy (non-hydrogen) atoms. The van der Waals surface area contributed by atoms with Crippen LogP contribution in [0.1, 0.15) is 174 Å². The first kappa shape index (κ1) is 50.2. The molecule has 1 aliphatic rings. The Kier molecular flexibility index (Phi) is 33.0. The van der Waals surface area contributed by atoms with Gasteiger partial charge in [0.05, 0.1) is 25.4 Å². The third-order valence-electron chi connectivity index (χ3n) is 10.1. The maximum absolute atomic E-state index is 12.8. The minimum absolute atomic E-state index is 0.218. The van der Waals surface area contributed by atoms with Crippen molar-refractivity contribution in [2.75, 3.05) is 13.2 Å². The summed E-state index contributed by atoms with van der Waals surface area (Å²) >= 11 is 0. The van der Waals surface area contributed by atoms with Crippen molar-refractivity contribution >= 4 is 5.91 Å². The molecule has 6 N–H and O–H groups in total. The quantitative estimate of drug-likeness (QED) is 0.0278. The Morgan fingerprint density at radius 3 is 1.57 bits per heavy atom. The lowest BCUT2D eigenvalue weighted by Gasteiger charge is -2.40. The summed E-state index contributed by atoms with van der Waals surface area (Å²) < 4.78 is 11.1. The van der Waals surface area contributed by atoms with Gasteiger partial charge in [-0.15, -0.1) is 0 Å². The second kappa shape index (κ2) is 35.6. The molecule has 9 nitrogen and oxygen atoms in total. The molecule has 314 valence electrons. The fraction of sp³-hybridized carbons (Fsp3) is 0.800. The number of hydrogen-bond donors (Lipinski definition) is 6. The van der Waals surface area contributed by atoms with Crippen LogP contribution in [0.5, 0.6) is 0 Å². The molecule has 1 saturated heterocycles. The standard InChI is InChI=1S/C45H81NO8/c1-3-5-7-9-11-13-14-15-16-17-18-19-20-21-22-23-24-25-27-28-30-32-34-39(48)38(37-53-45-44(52)43(51)42(50)40(36-47)54-45)46-41(49)35-33-31-29-26-12-10-8-6-4-2/h21-22,25-27,29,32,34,38-40,42-45,47-48,50-52H,3-20,23-24,28,30-31,33,35-37H2,1-2H3,(H,46,49)/b22-21+,27-25+,29-26-,34-32+. The van der Waals surface area contributed by atoms with E-state index in [1.54, 1.807) is 6.08 Å². The molecule has 7 unspecified atom stereocenters. The summed E-state index contributed by atoms with van der Waals surface area (Å²) in [6.45, 7) is 3.68. The van der Waals surface area contributed by atoms with Gasteiger partial charge in [-0.3, -0.25) is 4.79 Å². The Bertz CT molecular complexity index is 983. The van der Waals surface area contributed by atoms with Gasteiger partial charge in [0.1, 0.15) is 24.4 Å². The molecule has 1 fully saturated rings. The zero-order valence-electron chi connectivity index (χ0n) is 34.2. The first-order chi connectivity index (χ1) is 26.3. The number of aliphatic hydroxyl groups excluding tert-OH is 5. The van der Waals surface area contributed by atoms with Crippen LogP contribution in [0.3, 0.4) is 0 Å². The molecule has 0 aliphatic carbocycles. The van der Waals surface area contributed by atoms with Gasteiger partial charge in [-0.2, -0.15) is 0 Å². The van der Waals surface area contributed by atoms with Gasteiger partial charge in [0.25, 0.3) is 0 Å². The van der Waals surface area contributed by atoms with E-state index in [1.165, 1.54) is 109 Å². The smallest absolute Gasteiger partial charge is 0.220 e. The van der Waals surface area contributed by atoms with Gasteiger partial charge in [-0.25, -0.2) is 0 Å². The molecule has 0 bridgehead atoms. The number of ether oxygens (including phenoxy) is 2. The van der Waals surface area contributed by atoms with Gasteiger partial charge in [0, 0.05) is 6.42 Å². The highest BCUT2D eigenvalue weighted by Crippen LogP contribution is 2.22. The molecule has 9 heteroatoms. The molecule has 0 radical (unpaired) electrons. The zero-order chi connectivity index (χ0) is 39.5. The van der Waals surface area contributed by atoms with Gasteiger partial charge < -0.3 is 40.3 Å². The molecular formula is C45H81NO8. The molecule has 0 aromatic heterocycles. The van der Waals surface area contributed by atoms with E-state index >= 15 is 0 Å². The Labute approximate surface area is 329 Å². The number of hydrogen-bond acceptors (Lipinski definition) is 8. The minimum atomic E-state index is -1.58. The number of amides is 1. The van der Waals surface area contributed by atoms with Crippen LogP contribution in [0.25, 0.3) is 0 Å². The molecule has 0 aromatic carbocycles. The van der Waals surface area contributed by atoms with Crippen LogP contribution in [0.4, 0.5) is 0 Å². The van der Waals surface area contributed by atoms with E-state index < -0.39 is 49.5 Å². The van der Waals surface area contributed by atoms with Crippen LogP contribution >= 0.6 is 0 Å². The van der Waals surface area contributed by atoms with Crippen molar-refractivity contribution in [1.29, 1.82) is 0 Å². The molecule has 1 rings (SSSR count). The van der Waals surface area contributed by atoms with Crippen molar-refractivity contribution < 1.29 is 39.8 Å². The van der Waals surface area contributed by atoms with E-state index in [0.29, 0.717) is 6.42 Å². The van der Waals surface area contributed by atoms with Crippen molar-refractivity contribution in [2.45, 2.75) is 217 Å². The minimum Gasteiger partial charge on any atom is -0.394 e. The molecule has 1 aliphatic heterocycles. The number of rotatable bonds is 35. The van der Waals surface area contributed by atoms with E-state index in [2.05, 4.69) is 55.6 Å². The molecule has 0 spiro atoms. The van der Waals surface area contributed by atoms with Crippen LogP contribution in [-0.4, -0.2) is 87.5 Å². The summed E-state index contributed by atoms with van der Waals surface area (Å²) in [7, 11) is 0. The van der Waals surface area contributed by atoms with Crippen LogP contribution in [-0.2, 0) is 14.3 Å². The Morgan fingerprint density at radius 2 is 1.06 bits per heavy atom. The van der Waals surface area contributed by atoms with Crippen molar-refractivity contribution in [3.8, 4) is 0 Å². The Balaban J connectivity index is 2.38. The topological polar surface area (TPSA) is 149 Å². The van der Waals surface area contributed by atoms with Gasteiger partial charge in [0.15, 0.2) is 6.29 Å². The van der Waals surface area contributed by atoms with Crippen molar-refractivity contribution in [1.82, 2.24) is 5.32 Å². The molecule has 0 saturated carbocycles. The fourth-order valence-electron chi connectivity index (χ4n) is 6.54. The van der Waals surface area contributed by atoms with E-state index in [4.69, 9.17) is 9.47 Å². The number of aliphatic hydroxyl groups is 5. The third-order valence-corrected chi connectivity index (χ3v) is 10.1. The lowest BCUT2D eigenvalue weighted by Crippen LogP contribution is -2.60. The number of unbranched alkanes of at least 4 members (excludes halogenated alkanes) is 19. The van der Waals surface area contributed by atoms with Crippen LogP contribution in [0.2, 0.25) is 0 Å². The normalized spacial score (nSPS) is 21.9. The zero-order valence-corrected chi connectivity index (χ0v) is 34.2. The average molecular weight is 764 g/mol. The predicted molar refractivity (Wildman–Crippen MR) is 221 cm³/mol. The highest BCUT2D eigenvalue weighted by Gasteiger charge is 2.44. The summed E-state index contributed by atoms with van der Waals surface area (Å²) in [5.41, 5.74) is 0. The highest BCUT2D eigenvalue weighted by molar-refractivity contribution is 5.76. The number of carbonyl (C=O) groups is 1. The summed E-state index contributed by atoms with van der Waals surface area (Å²) in [5.74, 6) is -0.229. The van der Waals surface area contributed by atoms with E-state index in [-0.39, 0.29) is 18.9 Å². The highest BCUT2D eigenvalue weighted by atomic mass is 16.7. The third kappa shape index (κ3) is 26.1. The second-order valence-electron chi connectivity index (χ2n) is 15.1. The lowest BCUT2D eigenvalue weighted by atomic mass is 9.99. The van der Waals surface area contributed by atoms with E-state index in [9.17, 15) is 30.3 Å².